The normalized spacial score (nSPS) is 15.7. The van der Waals surface area contributed by atoms with Gasteiger partial charge in [0.15, 0.2) is 5.58 Å². The average molecular weight is 1040 g/mol. The van der Waals surface area contributed by atoms with E-state index in [4.69, 9.17) is 17.7 Å². The van der Waals surface area contributed by atoms with Crippen LogP contribution in [0.2, 0.25) is 0 Å². The number of nitrogens with zero attached hydrogens (tertiary/aromatic N) is 2. The molecule has 2 atom stereocenters. The number of furan rings is 4. The summed E-state index contributed by atoms with van der Waals surface area (Å²) in [5.41, 5.74) is 19.6. The van der Waals surface area contributed by atoms with E-state index in [0.29, 0.717) is 0 Å². The highest BCUT2D eigenvalue weighted by Crippen LogP contribution is 2.50. The Hall–Kier alpha value is -10.3. The smallest absolute Gasteiger partial charge is 0.159 e. The van der Waals surface area contributed by atoms with E-state index < -0.39 is 0 Å². The van der Waals surface area contributed by atoms with Gasteiger partial charge in [-0.1, -0.05) is 176 Å². The molecular weight excluding hydrogens is 993 g/mol. The predicted octanol–water partition coefficient (Wildman–Crippen LogP) is 20.9. The zero-order valence-corrected chi connectivity index (χ0v) is 44.3. The molecular formula is C75H50N2O4. The van der Waals surface area contributed by atoms with Gasteiger partial charge in [0, 0.05) is 89.7 Å². The fourth-order valence-electron chi connectivity index (χ4n) is 13.4. The van der Waals surface area contributed by atoms with Crippen LogP contribution in [0.5, 0.6) is 0 Å². The lowest BCUT2D eigenvalue weighted by Crippen LogP contribution is -2.30. The number of allylic oxidation sites excluding steroid dienone is 4. The molecule has 3 aliphatic carbocycles. The monoisotopic (exact) mass is 1040 g/mol. The van der Waals surface area contributed by atoms with Crippen LogP contribution in [0.15, 0.2) is 266 Å². The van der Waals surface area contributed by atoms with E-state index in [1.54, 1.807) is 0 Å². The van der Waals surface area contributed by atoms with Crippen LogP contribution < -0.4 is 9.80 Å². The highest BCUT2D eigenvalue weighted by Gasteiger charge is 2.35. The van der Waals surface area contributed by atoms with Crippen LogP contribution in [0.1, 0.15) is 40.7 Å². The molecule has 6 nitrogen and oxygen atoms in total. The summed E-state index contributed by atoms with van der Waals surface area (Å²) in [6.07, 6.45) is 15.5. The van der Waals surface area contributed by atoms with E-state index in [-0.39, 0.29) is 12.0 Å². The number of anilines is 4. The van der Waals surface area contributed by atoms with Gasteiger partial charge in [-0.05, 0) is 119 Å². The Morgan fingerprint density at radius 3 is 1.89 bits per heavy atom. The summed E-state index contributed by atoms with van der Waals surface area (Å²) in [6, 6.07) is 75.1. The standard InChI is InChI=1S/C75H50N2O4/c1-45-38-68-69(62-41-48-34-36-54(39-50(48)43-66(62)78-68)76(52-22-10-4-11-23-52)64-32-16-30-60-58-28-14-26-56(72(58)80-74(60)64)46-18-6-2-7-19-46)70-63-42-49-35-37-55(40-51(49)44-67(63)79-71(45)70)77(53-24-12-5-13-25-53)65-33-17-31-61-59-29-15-27-57(73(59)81-75(61)65)47-20-8-3-9-21-47/h2-32,34-43,51,65H,33,44H2,1H3. The summed E-state index contributed by atoms with van der Waals surface area (Å²) < 4.78 is 28.0. The minimum Gasteiger partial charge on any atom is -0.460 e. The van der Waals surface area contributed by atoms with Crippen LogP contribution in [-0.2, 0) is 6.42 Å². The largest absolute Gasteiger partial charge is 0.460 e. The van der Waals surface area contributed by atoms with Crippen LogP contribution in [0, 0.1) is 12.8 Å². The van der Waals surface area contributed by atoms with Crippen molar-refractivity contribution in [3.8, 4) is 22.3 Å². The summed E-state index contributed by atoms with van der Waals surface area (Å²) in [7, 11) is 0. The van der Waals surface area contributed by atoms with Gasteiger partial charge < -0.3 is 27.5 Å². The maximum atomic E-state index is 7.06. The Morgan fingerprint density at radius 1 is 0.457 bits per heavy atom. The predicted molar refractivity (Wildman–Crippen MR) is 332 cm³/mol. The lowest BCUT2D eigenvalue weighted by atomic mass is 9.82. The fraction of sp³-hybridized carbons (Fsp3) is 0.0667. The van der Waals surface area contributed by atoms with Crippen molar-refractivity contribution < 1.29 is 17.7 Å². The molecule has 0 radical (unpaired) electrons. The fourth-order valence-corrected chi connectivity index (χ4v) is 13.4. The molecule has 10 aromatic carbocycles. The minimum atomic E-state index is -0.0576. The Balaban J connectivity index is 0.750. The Bertz CT molecular complexity index is 5010. The highest BCUT2D eigenvalue weighted by atomic mass is 16.3. The minimum absolute atomic E-state index is 0.0576. The van der Waals surface area contributed by atoms with Crippen LogP contribution >= 0.6 is 0 Å². The van der Waals surface area contributed by atoms with Crippen LogP contribution in [-0.4, -0.2) is 0 Å². The molecule has 4 aromatic heterocycles. The van der Waals surface area contributed by atoms with Crippen molar-refractivity contribution in [2.75, 3.05) is 9.80 Å². The molecule has 81 heavy (non-hydrogen) atoms. The number of aryl methyl sites for hydroxylation is 1. The highest BCUT2D eigenvalue weighted by molar-refractivity contribution is 6.23. The van der Waals surface area contributed by atoms with Crippen LogP contribution in [0.4, 0.5) is 22.7 Å². The van der Waals surface area contributed by atoms with Gasteiger partial charge in [0.2, 0.25) is 0 Å². The molecule has 0 spiro atoms. The number of rotatable bonds is 8. The molecule has 3 aliphatic rings. The van der Waals surface area contributed by atoms with Crippen LogP contribution in [0.25, 0.3) is 111 Å². The molecule has 17 rings (SSSR count). The van der Waals surface area contributed by atoms with Gasteiger partial charge in [-0.2, -0.15) is 0 Å². The van der Waals surface area contributed by atoms with Crippen molar-refractivity contribution in [1.29, 1.82) is 0 Å². The summed E-state index contributed by atoms with van der Waals surface area (Å²) in [6.45, 7) is 2.14. The third-order valence-electron chi connectivity index (χ3n) is 17.1. The van der Waals surface area contributed by atoms with Crippen molar-refractivity contribution in [3.63, 3.8) is 0 Å². The first-order valence-corrected chi connectivity index (χ1v) is 28.0. The van der Waals surface area contributed by atoms with E-state index in [1.165, 1.54) is 5.57 Å². The second kappa shape index (κ2) is 17.9. The van der Waals surface area contributed by atoms with Crippen molar-refractivity contribution in [3.05, 3.63) is 276 Å². The molecule has 6 heteroatoms. The molecule has 0 N–H and O–H groups in total. The van der Waals surface area contributed by atoms with Crippen molar-refractivity contribution in [1.82, 2.24) is 0 Å². The van der Waals surface area contributed by atoms with Gasteiger partial charge in [0.1, 0.15) is 39.4 Å². The van der Waals surface area contributed by atoms with Gasteiger partial charge in [-0.15, -0.1) is 0 Å². The molecule has 4 heterocycles. The first-order valence-electron chi connectivity index (χ1n) is 28.0. The maximum absolute atomic E-state index is 7.06. The topological polar surface area (TPSA) is 59.0 Å². The number of benzene rings is 10. The zero-order chi connectivity index (χ0) is 53.3. The van der Waals surface area contributed by atoms with E-state index in [0.717, 1.165) is 168 Å². The number of hydrogen-bond acceptors (Lipinski definition) is 6. The Labute approximate surface area is 466 Å². The molecule has 0 aliphatic heterocycles. The third kappa shape index (κ3) is 7.13. The molecule has 2 unspecified atom stereocenters. The second-order valence-corrected chi connectivity index (χ2v) is 21.8. The first kappa shape index (κ1) is 45.7. The zero-order valence-electron chi connectivity index (χ0n) is 44.3. The number of para-hydroxylation sites is 5. The van der Waals surface area contributed by atoms with E-state index >= 15 is 0 Å². The lowest BCUT2D eigenvalue weighted by Gasteiger charge is -2.37. The third-order valence-corrected chi connectivity index (χ3v) is 17.1. The molecule has 384 valence electrons. The first-order chi connectivity index (χ1) is 40.1. The van der Waals surface area contributed by atoms with E-state index in [2.05, 4.69) is 259 Å². The molecule has 0 fully saturated rings. The molecule has 0 saturated heterocycles. The van der Waals surface area contributed by atoms with Gasteiger partial charge in [-0.25, -0.2) is 0 Å². The molecule has 0 saturated carbocycles. The molecule has 14 aromatic rings. The SMILES string of the molecule is Cc1cc2oc3cc4cc(N(c5ccccc5)c5cccc6c5oc5c(-c7ccccc7)cccc56)ccc4cc3c2c2c3c(oc12)CC1C=C(N(c2ccccc2)C2CC=Cc4c2oc2c(-c5ccccc5)cccc42)C=CC1=C3. The maximum Gasteiger partial charge on any atom is 0.159 e. The summed E-state index contributed by atoms with van der Waals surface area (Å²) in [4.78, 5) is 4.79. The van der Waals surface area contributed by atoms with Gasteiger partial charge >= 0.3 is 0 Å². The van der Waals surface area contributed by atoms with E-state index in [1.807, 2.05) is 6.07 Å². The van der Waals surface area contributed by atoms with Crippen molar-refractivity contribution in [2.45, 2.75) is 25.8 Å². The van der Waals surface area contributed by atoms with Crippen LogP contribution in [0.3, 0.4) is 0 Å². The second-order valence-electron chi connectivity index (χ2n) is 21.8. The number of hydrogen-bond donors (Lipinski definition) is 0. The summed E-state index contributed by atoms with van der Waals surface area (Å²) in [5, 5.41) is 8.77. The quantitative estimate of drug-likeness (QED) is 0.151. The molecule has 0 amide bonds. The van der Waals surface area contributed by atoms with Gasteiger partial charge in [-0.3, -0.25) is 0 Å². The van der Waals surface area contributed by atoms with E-state index in [9.17, 15) is 0 Å². The summed E-state index contributed by atoms with van der Waals surface area (Å²) in [5.74, 6) is 2.10. The van der Waals surface area contributed by atoms with Crippen molar-refractivity contribution >= 4 is 111 Å². The number of fused-ring (bicyclic) bond motifs is 15. The average Bonchev–Trinajstić information content (AvgIpc) is 4.50. The molecule has 0 bridgehead atoms. The van der Waals surface area contributed by atoms with Gasteiger partial charge in [0.25, 0.3) is 0 Å². The van der Waals surface area contributed by atoms with Crippen molar-refractivity contribution in [2.24, 2.45) is 5.92 Å². The lowest BCUT2D eigenvalue weighted by molar-refractivity contribution is 0.482. The van der Waals surface area contributed by atoms with Gasteiger partial charge in [0.05, 0.1) is 11.7 Å². The summed E-state index contributed by atoms with van der Waals surface area (Å²) >= 11 is 0. The Morgan fingerprint density at radius 2 is 1.14 bits per heavy atom. The Kier molecular flexibility index (Phi) is 10.1.